The van der Waals surface area contributed by atoms with Crippen LogP contribution >= 0.6 is 0 Å². The fraction of sp³-hybridized carbons (Fsp3) is 0. The van der Waals surface area contributed by atoms with Crippen LogP contribution in [0, 0.1) is 0 Å². The summed E-state index contributed by atoms with van der Waals surface area (Å²) in [6, 6.07) is 7.67. The van der Waals surface area contributed by atoms with Gasteiger partial charge in [-0.15, -0.1) is 0 Å². The van der Waals surface area contributed by atoms with Crippen molar-refractivity contribution < 1.29 is 4.42 Å². The summed E-state index contributed by atoms with van der Waals surface area (Å²) in [6.45, 7) is 0. The van der Waals surface area contributed by atoms with Crippen molar-refractivity contribution in [1.82, 2.24) is 4.98 Å². The Labute approximate surface area is 80.5 Å². The minimum absolute atomic E-state index is 0. The molecule has 10 heavy (non-hydrogen) atoms. The van der Waals surface area contributed by atoms with Crippen LogP contribution in [0.3, 0.4) is 0 Å². The summed E-state index contributed by atoms with van der Waals surface area (Å²) < 4.78 is 5.01. The predicted molar refractivity (Wildman–Crippen MR) is 39.8 cm³/mol. The second-order valence-corrected chi connectivity index (χ2v) is 1.82. The second kappa shape index (κ2) is 3.19. The van der Waals surface area contributed by atoms with E-state index in [0.717, 1.165) is 11.1 Å². The van der Waals surface area contributed by atoms with Gasteiger partial charge < -0.3 is 4.42 Å². The van der Waals surface area contributed by atoms with Crippen LogP contribution in [0.1, 0.15) is 0 Å². The number of rotatable bonds is 0. The number of aromatic nitrogens is 1. The van der Waals surface area contributed by atoms with E-state index in [2.05, 4.69) is 4.98 Å². The molecule has 1 aromatic heterocycles. The van der Waals surface area contributed by atoms with Crippen LogP contribution in [0.25, 0.3) is 11.1 Å². The maximum absolute atomic E-state index is 5.01. The fourth-order valence-corrected chi connectivity index (χ4v) is 0.803. The van der Waals surface area contributed by atoms with Gasteiger partial charge in [-0.1, -0.05) is 12.1 Å². The first-order valence-electron chi connectivity index (χ1n) is 2.75. The smallest absolute Gasteiger partial charge is 0.181 e. The summed E-state index contributed by atoms with van der Waals surface area (Å²) in [7, 11) is 0. The van der Waals surface area contributed by atoms with E-state index in [1.807, 2.05) is 24.3 Å². The number of hydrogen-bond acceptors (Lipinski definition) is 2. The van der Waals surface area contributed by atoms with Gasteiger partial charge in [-0.25, -0.2) is 4.98 Å². The van der Waals surface area contributed by atoms with Gasteiger partial charge in [-0.3, -0.25) is 0 Å². The van der Waals surface area contributed by atoms with Gasteiger partial charge in [0.15, 0.2) is 12.0 Å². The van der Waals surface area contributed by atoms with Crippen molar-refractivity contribution in [2.24, 2.45) is 0 Å². The summed E-state index contributed by atoms with van der Waals surface area (Å²) in [5.41, 5.74) is 1.76. The third-order valence-electron chi connectivity index (χ3n) is 1.24. The summed E-state index contributed by atoms with van der Waals surface area (Å²) in [6.07, 6.45) is 1.45. The molecule has 0 bridgehead atoms. The Kier molecular flexibility index (Phi) is 2.49. The second-order valence-electron chi connectivity index (χ2n) is 1.82. The topological polar surface area (TPSA) is 26.0 Å². The Hall–Kier alpha value is -0.310. The van der Waals surface area contributed by atoms with Crippen LogP contribution in [0.4, 0.5) is 0 Å². The van der Waals surface area contributed by atoms with E-state index in [9.17, 15) is 0 Å². The van der Waals surface area contributed by atoms with Crippen LogP contribution in [0.2, 0.25) is 0 Å². The monoisotopic (exact) mass is 142 g/mol. The zero-order valence-corrected chi connectivity index (χ0v) is 7.74. The zero-order chi connectivity index (χ0) is 6.10. The molecule has 0 saturated heterocycles. The van der Waals surface area contributed by atoms with E-state index in [1.165, 1.54) is 6.39 Å². The predicted octanol–water partition coefficient (Wildman–Crippen LogP) is 1.45. The van der Waals surface area contributed by atoms with E-state index < -0.39 is 0 Å². The molecule has 0 spiro atoms. The number of nitrogens with zero attached hydrogens (tertiary/aromatic N) is 1. The first-order chi connectivity index (χ1) is 4.47. The largest absolute Gasteiger partial charge is 0.443 e. The quantitative estimate of drug-likeness (QED) is 0.520. The minimum atomic E-state index is 0. The van der Waals surface area contributed by atoms with Gasteiger partial charge in [0, 0.05) is 29.6 Å². The third kappa shape index (κ3) is 1.24. The SMILES string of the molecule is [Na].c1ccc2ocnc2c1. The Bertz CT molecular complexity index is 288. The fourth-order valence-electron chi connectivity index (χ4n) is 0.803. The number of hydrogen-bond donors (Lipinski definition) is 0. The standard InChI is InChI=1S/C7H5NO.Na/c1-2-4-7-6(3-1)8-5-9-7;/h1-5H;. The molecule has 2 aromatic rings. The molecule has 0 unspecified atom stereocenters. The molecule has 1 heterocycles. The minimum Gasteiger partial charge on any atom is -0.443 e. The van der Waals surface area contributed by atoms with Gasteiger partial charge in [0.05, 0.1) is 0 Å². The van der Waals surface area contributed by atoms with Gasteiger partial charge in [-0.05, 0) is 12.1 Å². The average Bonchev–Trinajstić information content (AvgIpc) is 2.33. The zero-order valence-electron chi connectivity index (χ0n) is 5.74. The molecule has 2 rings (SSSR count). The van der Waals surface area contributed by atoms with Crippen LogP contribution in [-0.2, 0) is 0 Å². The van der Waals surface area contributed by atoms with Gasteiger partial charge in [0.25, 0.3) is 0 Å². The maximum Gasteiger partial charge on any atom is 0.181 e. The van der Waals surface area contributed by atoms with Gasteiger partial charge >= 0.3 is 0 Å². The average molecular weight is 142 g/mol. The Morgan fingerprint density at radius 1 is 1.20 bits per heavy atom. The van der Waals surface area contributed by atoms with Gasteiger partial charge in [-0.2, -0.15) is 0 Å². The molecule has 2 nitrogen and oxygen atoms in total. The Morgan fingerprint density at radius 3 is 2.80 bits per heavy atom. The van der Waals surface area contributed by atoms with Crippen molar-refractivity contribution in [3.8, 4) is 0 Å². The van der Waals surface area contributed by atoms with Crippen LogP contribution in [0.15, 0.2) is 35.1 Å². The van der Waals surface area contributed by atoms with Crippen LogP contribution < -0.4 is 0 Å². The van der Waals surface area contributed by atoms with Crippen molar-refractivity contribution in [3.63, 3.8) is 0 Å². The summed E-state index contributed by atoms with van der Waals surface area (Å²) in [4.78, 5) is 3.95. The van der Waals surface area contributed by atoms with E-state index in [0.29, 0.717) is 0 Å². The molecule has 1 radical (unpaired) electrons. The number of oxazole rings is 1. The summed E-state index contributed by atoms with van der Waals surface area (Å²) in [5.74, 6) is 0. The molecule has 0 saturated carbocycles. The van der Waals surface area contributed by atoms with Crippen LogP contribution in [-0.4, -0.2) is 34.5 Å². The first-order valence-corrected chi connectivity index (χ1v) is 2.75. The third-order valence-corrected chi connectivity index (χ3v) is 1.24. The Balaban J connectivity index is 0.000000500. The molecule has 0 atom stereocenters. The van der Waals surface area contributed by atoms with Gasteiger partial charge in [0.2, 0.25) is 0 Å². The number of para-hydroxylation sites is 2. The van der Waals surface area contributed by atoms with E-state index in [4.69, 9.17) is 4.42 Å². The van der Waals surface area contributed by atoms with E-state index in [-0.39, 0.29) is 29.6 Å². The molecule has 3 heteroatoms. The van der Waals surface area contributed by atoms with Gasteiger partial charge in [0.1, 0.15) is 5.52 Å². The van der Waals surface area contributed by atoms with E-state index in [1.54, 1.807) is 0 Å². The molecule has 45 valence electrons. The number of benzene rings is 1. The molecule has 0 aliphatic heterocycles. The summed E-state index contributed by atoms with van der Waals surface area (Å²) in [5, 5.41) is 0. The van der Waals surface area contributed by atoms with E-state index >= 15 is 0 Å². The maximum atomic E-state index is 5.01. The molecular weight excluding hydrogens is 137 g/mol. The van der Waals surface area contributed by atoms with Crippen molar-refractivity contribution in [1.29, 1.82) is 0 Å². The van der Waals surface area contributed by atoms with Crippen molar-refractivity contribution >= 4 is 40.7 Å². The normalized spacial score (nSPS) is 9.20. The molecule has 0 fully saturated rings. The molecule has 0 aliphatic carbocycles. The summed E-state index contributed by atoms with van der Waals surface area (Å²) >= 11 is 0. The molecular formula is C7H5NNaO. The van der Waals surface area contributed by atoms with Crippen molar-refractivity contribution in [2.45, 2.75) is 0 Å². The molecule has 0 N–H and O–H groups in total. The van der Waals surface area contributed by atoms with Crippen molar-refractivity contribution in [2.75, 3.05) is 0 Å². The van der Waals surface area contributed by atoms with Crippen LogP contribution in [0.5, 0.6) is 0 Å². The van der Waals surface area contributed by atoms with Crippen molar-refractivity contribution in [3.05, 3.63) is 30.7 Å². The Morgan fingerprint density at radius 2 is 2.00 bits per heavy atom. The molecule has 0 amide bonds. The number of fused-ring (bicyclic) bond motifs is 1. The molecule has 0 aliphatic rings. The first kappa shape index (κ1) is 7.79. The molecule has 1 aromatic carbocycles.